The highest BCUT2D eigenvalue weighted by Gasteiger charge is 2.24. The number of amides is 1. The molecular weight excluding hydrogens is 334 g/mol. The third-order valence-corrected chi connectivity index (χ3v) is 4.21. The molecule has 3 aromatic rings. The van der Waals surface area contributed by atoms with Gasteiger partial charge in [-0.25, -0.2) is 5.84 Å². The highest BCUT2D eigenvalue weighted by atomic mass is 32.2. The smallest absolute Gasteiger partial charge is 0.294 e. The number of hydrogen-bond donors (Lipinski definition) is 3. The lowest BCUT2D eigenvalue weighted by molar-refractivity contribution is -0.118. The predicted molar refractivity (Wildman–Crippen MR) is 86.3 cm³/mol. The molecule has 0 unspecified atom stereocenters. The zero-order valence-electron chi connectivity index (χ0n) is 13.2. The van der Waals surface area contributed by atoms with Crippen molar-refractivity contribution in [2.75, 3.05) is 5.75 Å². The number of nitrogens with zero attached hydrogens (tertiary/aromatic N) is 6. The fraction of sp³-hybridized carbons (Fsp3) is 0.417. The fourth-order valence-electron chi connectivity index (χ4n) is 2.09. The number of carbonyl (C=O) groups excluding carboxylic acids is 1. The molecule has 3 heterocycles. The summed E-state index contributed by atoms with van der Waals surface area (Å²) in [5, 5.41) is 23.4. The summed E-state index contributed by atoms with van der Waals surface area (Å²) in [6.45, 7) is 5.63. The van der Waals surface area contributed by atoms with Gasteiger partial charge in [-0.15, -0.1) is 20.4 Å². The summed E-state index contributed by atoms with van der Waals surface area (Å²) in [4.78, 5) is 24.0. The van der Waals surface area contributed by atoms with Crippen LogP contribution in [0.5, 0.6) is 0 Å². The van der Waals surface area contributed by atoms with Crippen LogP contribution < -0.4 is 16.8 Å². The number of nitrogens with one attached hydrogen (secondary N) is 2. The van der Waals surface area contributed by atoms with Gasteiger partial charge in [-0.1, -0.05) is 32.5 Å². The molecule has 126 valence electrons. The van der Waals surface area contributed by atoms with Crippen LogP contribution in [0.2, 0.25) is 0 Å². The van der Waals surface area contributed by atoms with Gasteiger partial charge in [0.25, 0.3) is 5.56 Å². The maximum atomic E-state index is 12.6. The lowest BCUT2D eigenvalue weighted by Crippen LogP contribution is -2.31. The Morgan fingerprint density at radius 3 is 2.71 bits per heavy atom. The van der Waals surface area contributed by atoms with Crippen molar-refractivity contribution in [3.05, 3.63) is 16.0 Å². The molecule has 0 aliphatic heterocycles. The molecule has 1 amide bonds. The number of thioether (sulfide) groups is 1. The van der Waals surface area contributed by atoms with E-state index in [-0.39, 0.29) is 22.9 Å². The summed E-state index contributed by atoms with van der Waals surface area (Å²) in [5.74, 6) is 4.73. The van der Waals surface area contributed by atoms with Crippen LogP contribution in [-0.2, 0) is 10.2 Å². The van der Waals surface area contributed by atoms with Gasteiger partial charge >= 0.3 is 0 Å². The summed E-state index contributed by atoms with van der Waals surface area (Å²) in [7, 11) is 0. The SMILES string of the molecule is CC(C)(C)c1nnc2c3c(SCC(=O)NN)nnnc3[nH]n2c1=O. The van der Waals surface area contributed by atoms with Gasteiger partial charge in [-0.3, -0.25) is 20.1 Å². The van der Waals surface area contributed by atoms with E-state index >= 15 is 0 Å². The zero-order valence-corrected chi connectivity index (χ0v) is 14.0. The van der Waals surface area contributed by atoms with Crippen LogP contribution in [0.1, 0.15) is 26.5 Å². The van der Waals surface area contributed by atoms with Crippen LogP contribution in [-0.4, -0.2) is 46.9 Å². The average Bonchev–Trinajstić information content (AvgIpc) is 2.92. The summed E-state index contributed by atoms with van der Waals surface area (Å²) < 4.78 is 1.27. The molecule has 3 aromatic heterocycles. The van der Waals surface area contributed by atoms with Crippen molar-refractivity contribution in [2.24, 2.45) is 5.84 Å². The maximum Gasteiger partial charge on any atom is 0.295 e. The van der Waals surface area contributed by atoms with Crippen LogP contribution in [0.4, 0.5) is 0 Å². The van der Waals surface area contributed by atoms with Crippen LogP contribution in [0, 0.1) is 0 Å². The number of hydrogen-bond acceptors (Lipinski definition) is 9. The second kappa shape index (κ2) is 5.79. The Hall–Kier alpha value is -2.60. The van der Waals surface area contributed by atoms with E-state index in [4.69, 9.17) is 5.84 Å². The Kier molecular flexibility index (Phi) is 3.93. The number of nitrogens with two attached hydrogens (primary N) is 1. The molecule has 0 aliphatic carbocycles. The first kappa shape index (κ1) is 16.3. The van der Waals surface area contributed by atoms with E-state index in [9.17, 15) is 9.59 Å². The summed E-state index contributed by atoms with van der Waals surface area (Å²) in [6, 6.07) is 0. The molecule has 3 rings (SSSR count). The number of fused-ring (bicyclic) bond motifs is 3. The topological polar surface area (TPSA) is 157 Å². The normalized spacial score (nSPS) is 12.0. The molecule has 12 heteroatoms. The molecule has 0 aliphatic rings. The van der Waals surface area contributed by atoms with Gasteiger partial charge in [0.2, 0.25) is 5.91 Å². The third-order valence-electron chi connectivity index (χ3n) is 3.25. The second-order valence-electron chi connectivity index (χ2n) is 6.05. The molecule has 0 saturated heterocycles. The van der Waals surface area contributed by atoms with Crippen LogP contribution in [0.3, 0.4) is 0 Å². The van der Waals surface area contributed by atoms with E-state index in [1.807, 2.05) is 26.2 Å². The van der Waals surface area contributed by atoms with Gasteiger partial charge in [0, 0.05) is 5.41 Å². The van der Waals surface area contributed by atoms with Gasteiger partial charge in [0.15, 0.2) is 11.3 Å². The summed E-state index contributed by atoms with van der Waals surface area (Å²) in [5.41, 5.74) is 2.19. The molecule has 0 fully saturated rings. The Morgan fingerprint density at radius 2 is 2.04 bits per heavy atom. The minimum absolute atomic E-state index is 0.0410. The molecule has 4 N–H and O–H groups in total. The molecule has 0 atom stereocenters. The lowest BCUT2D eigenvalue weighted by Gasteiger charge is -2.15. The molecule has 24 heavy (non-hydrogen) atoms. The largest absolute Gasteiger partial charge is 0.295 e. The van der Waals surface area contributed by atoms with Gasteiger partial charge in [-0.05, 0) is 5.21 Å². The third kappa shape index (κ3) is 2.69. The molecule has 0 bridgehead atoms. The number of aromatic nitrogens is 7. The van der Waals surface area contributed by atoms with E-state index in [1.165, 1.54) is 4.52 Å². The maximum absolute atomic E-state index is 12.6. The molecule has 0 saturated carbocycles. The Bertz CT molecular complexity index is 988. The van der Waals surface area contributed by atoms with E-state index < -0.39 is 5.41 Å². The van der Waals surface area contributed by atoms with Gasteiger partial charge in [-0.2, -0.15) is 4.52 Å². The predicted octanol–water partition coefficient (Wildman–Crippen LogP) is -0.865. The minimum atomic E-state index is -0.455. The Morgan fingerprint density at radius 1 is 1.29 bits per heavy atom. The quantitative estimate of drug-likeness (QED) is 0.237. The van der Waals surface area contributed by atoms with E-state index in [0.29, 0.717) is 21.8 Å². The van der Waals surface area contributed by atoms with E-state index in [1.54, 1.807) is 0 Å². The first-order chi connectivity index (χ1) is 11.3. The first-order valence-corrected chi connectivity index (χ1v) is 7.94. The van der Waals surface area contributed by atoms with Crippen molar-refractivity contribution in [3.8, 4) is 0 Å². The number of carbonyl (C=O) groups is 1. The molecule has 0 spiro atoms. The van der Waals surface area contributed by atoms with Gasteiger partial charge in [0.1, 0.15) is 16.1 Å². The summed E-state index contributed by atoms with van der Waals surface area (Å²) >= 11 is 1.11. The second-order valence-corrected chi connectivity index (χ2v) is 7.01. The fourth-order valence-corrected chi connectivity index (χ4v) is 2.87. The molecular formula is C12H15N9O2S. The van der Waals surface area contributed by atoms with E-state index in [2.05, 4.69) is 30.7 Å². The Balaban J connectivity index is 2.20. The monoisotopic (exact) mass is 349 g/mol. The van der Waals surface area contributed by atoms with Crippen molar-refractivity contribution in [2.45, 2.75) is 31.2 Å². The van der Waals surface area contributed by atoms with Gasteiger partial charge in [0.05, 0.1) is 5.75 Å². The zero-order chi connectivity index (χ0) is 17.5. The van der Waals surface area contributed by atoms with Crippen molar-refractivity contribution in [1.82, 2.24) is 40.6 Å². The molecule has 0 aromatic carbocycles. The molecule has 11 nitrogen and oxygen atoms in total. The molecule has 0 radical (unpaired) electrons. The minimum Gasteiger partial charge on any atom is -0.294 e. The lowest BCUT2D eigenvalue weighted by atomic mass is 9.93. The van der Waals surface area contributed by atoms with Crippen molar-refractivity contribution < 1.29 is 4.79 Å². The average molecular weight is 349 g/mol. The Labute approximate surface area is 139 Å². The van der Waals surface area contributed by atoms with E-state index in [0.717, 1.165) is 11.8 Å². The van der Waals surface area contributed by atoms with Crippen LogP contribution >= 0.6 is 11.8 Å². The first-order valence-electron chi connectivity index (χ1n) is 6.96. The van der Waals surface area contributed by atoms with Crippen molar-refractivity contribution in [1.29, 1.82) is 0 Å². The standard InChI is InChI=1S/C12H15N9O2S/c1-12(2,3)7-11(23)21-9(17-15-7)6-8(19-21)16-20-18-10(6)24-4-5(22)14-13/h4,13H2,1-3H3,(H,14,22)(H,16,18,19). The number of rotatable bonds is 3. The number of hydrazine groups is 1. The number of aromatic amines is 1. The highest BCUT2D eigenvalue weighted by molar-refractivity contribution is 8.00. The van der Waals surface area contributed by atoms with Crippen LogP contribution in [0.15, 0.2) is 9.82 Å². The summed E-state index contributed by atoms with van der Waals surface area (Å²) in [6.07, 6.45) is 0. The van der Waals surface area contributed by atoms with Gasteiger partial charge < -0.3 is 0 Å². The van der Waals surface area contributed by atoms with Crippen LogP contribution in [0.25, 0.3) is 16.7 Å². The van der Waals surface area contributed by atoms with Crippen molar-refractivity contribution >= 4 is 34.3 Å². The highest BCUT2D eigenvalue weighted by Crippen LogP contribution is 2.26. The van der Waals surface area contributed by atoms with Crippen molar-refractivity contribution in [3.63, 3.8) is 0 Å². The number of H-pyrrole nitrogens is 1.